The number of pyridine rings is 1. The Morgan fingerprint density at radius 1 is 1.15 bits per heavy atom. The van der Waals surface area contributed by atoms with Gasteiger partial charge in [0.2, 0.25) is 10.0 Å². The zero-order valence-electron chi connectivity index (χ0n) is 10.6. The van der Waals surface area contributed by atoms with E-state index in [0.29, 0.717) is 21.4 Å². The quantitative estimate of drug-likeness (QED) is 0.930. The molecule has 1 N–H and O–H groups in total. The van der Waals surface area contributed by atoms with Gasteiger partial charge in [-0.15, -0.1) is 0 Å². The fraction of sp³-hybridized carbons (Fsp3) is 0.154. The van der Waals surface area contributed by atoms with Crippen molar-refractivity contribution in [2.45, 2.75) is 12.7 Å². The van der Waals surface area contributed by atoms with Crippen LogP contribution >= 0.6 is 23.2 Å². The van der Waals surface area contributed by atoms with Crippen molar-refractivity contribution in [2.75, 3.05) is 4.72 Å². The maximum absolute atomic E-state index is 12.0. The molecule has 4 nitrogen and oxygen atoms in total. The zero-order valence-corrected chi connectivity index (χ0v) is 12.9. The van der Waals surface area contributed by atoms with Gasteiger partial charge >= 0.3 is 0 Å². The highest BCUT2D eigenvalue weighted by Gasteiger charge is 2.13. The number of aryl methyl sites for hydroxylation is 1. The average molecular weight is 331 g/mol. The number of hydrogen-bond acceptors (Lipinski definition) is 3. The van der Waals surface area contributed by atoms with Crippen molar-refractivity contribution in [2.24, 2.45) is 0 Å². The molecule has 1 aromatic carbocycles. The van der Waals surface area contributed by atoms with Crippen LogP contribution in [-0.2, 0) is 15.8 Å². The van der Waals surface area contributed by atoms with Crippen LogP contribution in [0.2, 0.25) is 10.0 Å². The molecule has 7 heteroatoms. The summed E-state index contributed by atoms with van der Waals surface area (Å²) in [5.74, 6) is 0.101. The van der Waals surface area contributed by atoms with Crippen molar-refractivity contribution in [1.82, 2.24) is 4.98 Å². The molecule has 1 heterocycles. The summed E-state index contributed by atoms with van der Waals surface area (Å²) in [4.78, 5) is 4.09. The Hall–Kier alpha value is -1.30. The lowest BCUT2D eigenvalue weighted by Gasteiger charge is -2.08. The van der Waals surface area contributed by atoms with Crippen molar-refractivity contribution in [3.8, 4) is 0 Å². The molecule has 0 fully saturated rings. The number of aromatic nitrogens is 1. The maximum Gasteiger partial charge on any atom is 0.238 e. The highest BCUT2D eigenvalue weighted by molar-refractivity contribution is 7.91. The topological polar surface area (TPSA) is 59.1 Å². The van der Waals surface area contributed by atoms with Crippen LogP contribution in [0.1, 0.15) is 11.3 Å². The number of nitrogens with one attached hydrogen (secondary N) is 1. The third kappa shape index (κ3) is 4.10. The zero-order chi connectivity index (χ0) is 14.8. The van der Waals surface area contributed by atoms with Crippen LogP contribution in [0.15, 0.2) is 36.4 Å². The molecule has 0 aliphatic carbocycles. The first-order chi connectivity index (χ1) is 9.35. The summed E-state index contributed by atoms with van der Waals surface area (Å²) < 4.78 is 26.5. The summed E-state index contributed by atoms with van der Waals surface area (Å²) in [6.45, 7) is 1.79. The lowest BCUT2D eigenvalue weighted by atomic mass is 10.2. The molecule has 0 aliphatic rings. The molecular weight excluding hydrogens is 319 g/mol. The van der Waals surface area contributed by atoms with E-state index in [1.807, 2.05) is 0 Å². The summed E-state index contributed by atoms with van der Waals surface area (Å²) in [7, 11) is -3.55. The van der Waals surface area contributed by atoms with Gasteiger partial charge in [0.15, 0.2) is 0 Å². The lowest BCUT2D eigenvalue weighted by molar-refractivity contribution is 0.600. The van der Waals surface area contributed by atoms with E-state index in [1.165, 1.54) is 6.07 Å². The molecule has 0 atom stereocenters. The highest BCUT2D eigenvalue weighted by atomic mass is 35.5. The number of nitrogens with zero attached hydrogens (tertiary/aromatic N) is 1. The van der Waals surface area contributed by atoms with Crippen LogP contribution < -0.4 is 4.72 Å². The van der Waals surface area contributed by atoms with Crippen molar-refractivity contribution < 1.29 is 8.42 Å². The molecule has 1 aromatic heterocycles. The molecule has 2 aromatic rings. The van der Waals surface area contributed by atoms with E-state index < -0.39 is 10.0 Å². The number of halogens is 2. The molecule has 0 saturated heterocycles. The Kier molecular flexibility index (Phi) is 4.52. The van der Waals surface area contributed by atoms with E-state index in [9.17, 15) is 8.42 Å². The second-order valence-corrected chi connectivity index (χ2v) is 6.81. The number of sulfonamides is 1. The van der Waals surface area contributed by atoms with Crippen LogP contribution in [-0.4, -0.2) is 13.4 Å². The van der Waals surface area contributed by atoms with Crippen LogP contribution in [0.25, 0.3) is 0 Å². The monoisotopic (exact) mass is 330 g/mol. The predicted octanol–water partition coefficient (Wildman–Crippen LogP) is 3.64. The smallest absolute Gasteiger partial charge is 0.238 e. The van der Waals surface area contributed by atoms with Gasteiger partial charge in [-0.2, -0.15) is 0 Å². The third-order valence-corrected chi connectivity index (χ3v) is 4.46. The summed E-state index contributed by atoms with van der Waals surface area (Å²) in [6.07, 6.45) is 0. The maximum atomic E-state index is 12.0. The Morgan fingerprint density at radius 3 is 2.55 bits per heavy atom. The van der Waals surface area contributed by atoms with E-state index in [1.54, 1.807) is 37.3 Å². The van der Waals surface area contributed by atoms with Crippen molar-refractivity contribution in [3.05, 3.63) is 57.7 Å². The van der Waals surface area contributed by atoms with Crippen molar-refractivity contribution in [1.29, 1.82) is 0 Å². The standard InChI is InChI=1S/C13H12Cl2N2O2S/c1-9-3-2-4-13(16-9)17-20(18,19)8-10-5-6-11(14)12(15)7-10/h2-7H,8H2,1H3,(H,16,17). The largest absolute Gasteiger partial charge is 0.267 e. The summed E-state index contributed by atoms with van der Waals surface area (Å²) in [5.41, 5.74) is 1.29. The van der Waals surface area contributed by atoms with E-state index in [4.69, 9.17) is 23.2 Å². The van der Waals surface area contributed by atoms with Crippen molar-refractivity contribution in [3.63, 3.8) is 0 Å². The van der Waals surface area contributed by atoms with E-state index in [2.05, 4.69) is 9.71 Å². The van der Waals surface area contributed by atoms with Crippen molar-refractivity contribution >= 4 is 39.0 Å². The molecule has 0 amide bonds. The van der Waals surface area contributed by atoms with Gasteiger partial charge in [-0.25, -0.2) is 13.4 Å². The molecule has 0 unspecified atom stereocenters. The second-order valence-electron chi connectivity index (χ2n) is 4.27. The summed E-state index contributed by atoms with van der Waals surface area (Å²) in [6, 6.07) is 9.85. The highest BCUT2D eigenvalue weighted by Crippen LogP contribution is 2.23. The van der Waals surface area contributed by atoms with Crippen LogP contribution in [0.3, 0.4) is 0 Å². The van der Waals surface area contributed by atoms with Gasteiger partial charge in [0.05, 0.1) is 15.8 Å². The average Bonchev–Trinajstić information content (AvgIpc) is 2.33. The predicted molar refractivity (Wildman–Crippen MR) is 81.7 cm³/mol. The van der Waals surface area contributed by atoms with E-state index >= 15 is 0 Å². The minimum atomic E-state index is -3.55. The first kappa shape index (κ1) is 15.1. The molecule has 0 saturated carbocycles. The van der Waals surface area contributed by atoms with Crippen LogP contribution in [0, 0.1) is 6.92 Å². The lowest BCUT2D eigenvalue weighted by Crippen LogP contribution is -2.16. The fourth-order valence-corrected chi connectivity index (χ4v) is 3.09. The molecule has 0 aliphatic heterocycles. The minimum absolute atomic E-state index is 0.195. The SMILES string of the molecule is Cc1cccc(NS(=O)(=O)Cc2ccc(Cl)c(Cl)c2)n1. The Bertz CT molecular complexity index is 733. The minimum Gasteiger partial charge on any atom is -0.267 e. The van der Waals surface area contributed by atoms with Gasteiger partial charge in [0, 0.05) is 5.69 Å². The van der Waals surface area contributed by atoms with Gasteiger partial charge < -0.3 is 0 Å². The molecule has 0 spiro atoms. The first-order valence-corrected chi connectivity index (χ1v) is 8.15. The summed E-state index contributed by atoms with van der Waals surface area (Å²) >= 11 is 11.7. The van der Waals surface area contributed by atoms with Gasteiger partial charge in [-0.05, 0) is 36.8 Å². The number of rotatable bonds is 4. The number of anilines is 1. The van der Waals surface area contributed by atoms with E-state index in [-0.39, 0.29) is 5.75 Å². The van der Waals surface area contributed by atoms with Gasteiger partial charge in [0.25, 0.3) is 0 Å². The van der Waals surface area contributed by atoms with Gasteiger partial charge in [0.1, 0.15) is 5.82 Å². The molecule has 106 valence electrons. The second kappa shape index (κ2) is 5.99. The van der Waals surface area contributed by atoms with Gasteiger partial charge in [-0.3, -0.25) is 4.72 Å². The Morgan fingerprint density at radius 2 is 1.90 bits per heavy atom. The molecule has 20 heavy (non-hydrogen) atoms. The first-order valence-electron chi connectivity index (χ1n) is 5.74. The molecular formula is C13H12Cl2N2O2S. The molecule has 2 rings (SSSR count). The molecule has 0 bridgehead atoms. The van der Waals surface area contributed by atoms with E-state index in [0.717, 1.165) is 5.69 Å². The normalized spacial score (nSPS) is 11.3. The Balaban J connectivity index is 2.17. The Labute approximate surface area is 127 Å². The van der Waals surface area contributed by atoms with Gasteiger partial charge in [-0.1, -0.05) is 35.3 Å². The molecule has 0 radical (unpaired) electrons. The number of benzene rings is 1. The van der Waals surface area contributed by atoms with Crippen LogP contribution in [0.5, 0.6) is 0 Å². The van der Waals surface area contributed by atoms with Crippen LogP contribution in [0.4, 0.5) is 5.82 Å². The number of hydrogen-bond donors (Lipinski definition) is 1. The third-order valence-electron chi connectivity index (χ3n) is 2.49. The fourth-order valence-electron chi connectivity index (χ4n) is 1.64. The summed E-state index contributed by atoms with van der Waals surface area (Å²) in [5, 5.41) is 0.717.